The van der Waals surface area contributed by atoms with Gasteiger partial charge in [0.15, 0.2) is 0 Å². The van der Waals surface area contributed by atoms with Gasteiger partial charge < -0.3 is 0 Å². The second-order valence-corrected chi connectivity index (χ2v) is 1.05. The molecule has 0 amide bonds. The third kappa shape index (κ3) is 2.23. The first-order valence-electron chi connectivity index (χ1n) is 0.810. The quantitative estimate of drug-likeness (QED) is 0.556. The second-order valence-electron chi connectivity index (χ2n) is 0.288. The zero-order valence-electron chi connectivity index (χ0n) is 2.14. The number of hydrogen-bond donors (Lipinski definition) is 0. The Hall–Kier alpha value is 0.228. The summed E-state index contributed by atoms with van der Waals surface area (Å²) in [6, 6.07) is 0. The Bertz CT molecular complexity index is 27.0. The molecule has 0 aromatic rings. The molecular formula is C2H3NW. The molecule has 4 heavy (non-hydrogen) atoms. The first-order valence-corrected chi connectivity index (χ1v) is 2.50. The Kier molecular flexibility index (Phi) is 3.41. The van der Waals surface area contributed by atoms with Crippen molar-refractivity contribution in [3.05, 3.63) is 0 Å². The van der Waals surface area contributed by atoms with Crippen molar-refractivity contribution in [3.63, 3.8) is 0 Å². The molecule has 0 radical (unpaired) electrons. The van der Waals surface area contributed by atoms with Crippen LogP contribution in [-0.2, 0) is 19.4 Å². The van der Waals surface area contributed by atoms with Gasteiger partial charge in [-0.1, -0.05) is 0 Å². The Balaban J connectivity index is 2.73. The fourth-order valence-corrected chi connectivity index (χ4v) is 0. The van der Waals surface area contributed by atoms with Gasteiger partial charge >= 0.3 is 35.6 Å². The average molecular weight is 225 g/mol. The van der Waals surface area contributed by atoms with E-state index in [-0.39, 0.29) is 0 Å². The van der Waals surface area contributed by atoms with Crippen LogP contribution in [0.25, 0.3) is 0 Å². The molecule has 0 aromatic heterocycles. The summed E-state index contributed by atoms with van der Waals surface area (Å²) in [7, 11) is 0. The average Bonchev–Trinajstić information content (AvgIpc) is 1.37. The molecule has 1 nitrogen and oxygen atoms in total. The van der Waals surface area contributed by atoms with Gasteiger partial charge in [0, 0.05) is 0 Å². The normalized spacial score (nSPS) is 5.00. The van der Waals surface area contributed by atoms with Crippen molar-refractivity contribution in [3.8, 4) is 0 Å². The Morgan fingerprint density at radius 1 is 2.00 bits per heavy atom. The minimum atomic E-state index is 1.35. The summed E-state index contributed by atoms with van der Waals surface area (Å²) < 4.78 is 1.72. The van der Waals surface area contributed by atoms with E-state index in [1.807, 2.05) is 0 Å². The number of nitrogens with zero attached hydrogens (tertiary/aromatic N) is 1. The summed E-state index contributed by atoms with van der Waals surface area (Å²) in [5, 5.41) is 0. The molecule has 0 atom stereocenters. The summed E-state index contributed by atoms with van der Waals surface area (Å²) in [6.07, 6.45) is 0. The third-order valence-electron chi connectivity index (χ3n) is 0.0745. The molecule has 22 valence electrons. The summed E-state index contributed by atoms with van der Waals surface area (Å²) in [6.45, 7) is 3.19. The van der Waals surface area contributed by atoms with Crippen molar-refractivity contribution in [2.24, 2.45) is 4.99 Å². The molecule has 0 aliphatic rings. The van der Waals surface area contributed by atoms with Crippen LogP contribution in [0.4, 0.5) is 0 Å². The molecule has 0 N–H and O–H groups in total. The van der Waals surface area contributed by atoms with E-state index >= 15 is 0 Å². The molecule has 0 aliphatic heterocycles. The van der Waals surface area contributed by atoms with Crippen LogP contribution in [-0.4, -0.2) is 11.2 Å². The van der Waals surface area contributed by atoms with E-state index in [4.69, 9.17) is 0 Å². The molecular weight excluding hydrogens is 222 g/mol. The van der Waals surface area contributed by atoms with E-state index in [0.29, 0.717) is 0 Å². The van der Waals surface area contributed by atoms with Crippen molar-refractivity contribution in [2.45, 2.75) is 0 Å². The van der Waals surface area contributed by atoms with Gasteiger partial charge in [0.05, 0.1) is 0 Å². The number of rotatable bonds is 1. The monoisotopic (exact) mass is 225 g/mol. The van der Waals surface area contributed by atoms with E-state index in [0.717, 1.165) is 0 Å². The molecule has 0 saturated carbocycles. The SMILES string of the molecule is C=N[CH]=[W]. The van der Waals surface area contributed by atoms with Crippen LogP contribution in [0, 0.1) is 0 Å². The van der Waals surface area contributed by atoms with Crippen LogP contribution in [0.1, 0.15) is 0 Å². The van der Waals surface area contributed by atoms with Crippen LogP contribution in [0.2, 0.25) is 0 Å². The fraction of sp³-hybridized carbons (Fsp3) is 0. The molecule has 0 saturated heterocycles. The molecule has 0 spiro atoms. The van der Waals surface area contributed by atoms with Gasteiger partial charge in [-0.25, -0.2) is 0 Å². The van der Waals surface area contributed by atoms with E-state index in [1.54, 1.807) is 4.52 Å². The first-order chi connectivity index (χ1) is 1.91. The van der Waals surface area contributed by atoms with Crippen LogP contribution >= 0.6 is 0 Å². The summed E-state index contributed by atoms with van der Waals surface area (Å²) in [5.41, 5.74) is 0. The predicted molar refractivity (Wildman–Crippen MR) is 15.6 cm³/mol. The van der Waals surface area contributed by atoms with Gasteiger partial charge in [0.25, 0.3) is 0 Å². The fourth-order valence-electron chi connectivity index (χ4n) is 0. The molecule has 2 heteroatoms. The molecule has 0 fully saturated rings. The summed E-state index contributed by atoms with van der Waals surface area (Å²) >= 11 is 1.35. The molecule has 0 heterocycles. The van der Waals surface area contributed by atoms with E-state index in [9.17, 15) is 0 Å². The maximum absolute atomic E-state index is 3.40. The molecule has 0 rings (SSSR count). The van der Waals surface area contributed by atoms with Gasteiger partial charge in [-0.3, -0.25) is 0 Å². The third-order valence-corrected chi connectivity index (χ3v) is 0.610. The van der Waals surface area contributed by atoms with Gasteiger partial charge in [-0.05, 0) is 0 Å². The topological polar surface area (TPSA) is 12.4 Å². The standard InChI is InChI=1S/C2H3N.W/c1-3-2;/h1H,2H2;. The molecule has 0 aromatic carbocycles. The van der Waals surface area contributed by atoms with Crippen molar-refractivity contribution >= 4 is 11.2 Å². The van der Waals surface area contributed by atoms with Gasteiger partial charge in [0.1, 0.15) is 0 Å². The van der Waals surface area contributed by atoms with E-state index in [1.165, 1.54) is 19.4 Å². The Morgan fingerprint density at radius 3 is 2.25 bits per heavy atom. The van der Waals surface area contributed by atoms with E-state index in [2.05, 4.69) is 11.7 Å². The molecule has 0 unspecified atom stereocenters. The summed E-state index contributed by atoms with van der Waals surface area (Å²) in [4.78, 5) is 3.40. The molecule has 0 bridgehead atoms. The van der Waals surface area contributed by atoms with Gasteiger partial charge in [0.2, 0.25) is 0 Å². The van der Waals surface area contributed by atoms with Crippen molar-refractivity contribution in [2.75, 3.05) is 0 Å². The zero-order valence-corrected chi connectivity index (χ0v) is 5.07. The minimum absolute atomic E-state index is 1.35. The van der Waals surface area contributed by atoms with Crippen LogP contribution in [0.5, 0.6) is 0 Å². The Labute approximate surface area is 36.2 Å². The second kappa shape index (κ2) is 3.23. The number of hydrogen-bond acceptors (Lipinski definition) is 1. The predicted octanol–water partition coefficient (Wildman–Crippen LogP) is -0.00650. The van der Waals surface area contributed by atoms with Crippen molar-refractivity contribution in [1.82, 2.24) is 0 Å². The maximum atomic E-state index is 3.40. The van der Waals surface area contributed by atoms with Crippen LogP contribution in [0.15, 0.2) is 4.99 Å². The van der Waals surface area contributed by atoms with Crippen molar-refractivity contribution < 1.29 is 19.4 Å². The number of aliphatic imine (C=N–C) groups is 1. The first kappa shape index (κ1) is 4.23. The Morgan fingerprint density at radius 2 is 2.25 bits per heavy atom. The van der Waals surface area contributed by atoms with Crippen LogP contribution < -0.4 is 0 Å². The van der Waals surface area contributed by atoms with Crippen molar-refractivity contribution in [1.29, 1.82) is 0 Å². The summed E-state index contributed by atoms with van der Waals surface area (Å²) in [5.74, 6) is 0. The van der Waals surface area contributed by atoms with E-state index < -0.39 is 0 Å². The van der Waals surface area contributed by atoms with Crippen LogP contribution in [0.3, 0.4) is 0 Å². The molecule has 0 aliphatic carbocycles. The zero-order chi connectivity index (χ0) is 3.41. The van der Waals surface area contributed by atoms with Gasteiger partial charge in [-0.15, -0.1) is 0 Å². The van der Waals surface area contributed by atoms with Gasteiger partial charge in [-0.2, -0.15) is 0 Å².